The third-order valence-electron chi connectivity index (χ3n) is 10.2. The quantitative estimate of drug-likeness (QED) is 0.174. The molecule has 0 N–H and O–H groups in total. The normalized spacial score (nSPS) is 11.8. The minimum absolute atomic E-state index is 0.657. The largest absolute Gasteiger partial charge is 0.309 e. The molecule has 8 aromatic carbocycles. The third-order valence-corrected chi connectivity index (χ3v) is 11.4. The maximum Gasteiger partial charge on any atom is 0.164 e. The fourth-order valence-corrected chi connectivity index (χ4v) is 9.05. The molecule has 11 rings (SSSR count). The minimum Gasteiger partial charge on any atom is -0.309 e. The van der Waals surface area contributed by atoms with Gasteiger partial charge >= 0.3 is 0 Å². The average molecular weight is 681 g/mol. The van der Waals surface area contributed by atoms with Crippen LogP contribution in [-0.4, -0.2) is 19.5 Å². The molecule has 0 aliphatic carbocycles. The lowest BCUT2D eigenvalue weighted by atomic mass is 9.99. The Balaban J connectivity index is 1.05. The molecule has 0 radical (unpaired) electrons. The highest BCUT2D eigenvalue weighted by Gasteiger charge is 2.18. The van der Waals surface area contributed by atoms with Gasteiger partial charge in [0.15, 0.2) is 17.5 Å². The Morgan fingerprint density at radius 2 is 0.962 bits per heavy atom. The molecule has 0 atom stereocenters. The molecule has 3 heterocycles. The zero-order chi connectivity index (χ0) is 34.2. The van der Waals surface area contributed by atoms with Crippen molar-refractivity contribution in [3.63, 3.8) is 0 Å². The molecule has 0 spiro atoms. The van der Waals surface area contributed by atoms with Gasteiger partial charge in [0.1, 0.15) is 0 Å². The fraction of sp³-hybridized carbons (Fsp3) is 0. The van der Waals surface area contributed by atoms with E-state index in [2.05, 4.69) is 114 Å². The molecule has 5 heteroatoms. The summed E-state index contributed by atoms with van der Waals surface area (Å²) < 4.78 is 5.10. The van der Waals surface area contributed by atoms with Crippen molar-refractivity contribution in [3.05, 3.63) is 170 Å². The number of hydrogen-bond donors (Lipinski definition) is 0. The molecule has 0 fully saturated rings. The number of thiophene rings is 1. The maximum atomic E-state index is 4.97. The Morgan fingerprint density at radius 3 is 1.69 bits per heavy atom. The smallest absolute Gasteiger partial charge is 0.164 e. The van der Waals surface area contributed by atoms with Gasteiger partial charge in [-0.15, -0.1) is 11.3 Å². The summed E-state index contributed by atoms with van der Waals surface area (Å²) >= 11 is 1.89. The van der Waals surface area contributed by atoms with E-state index in [4.69, 9.17) is 15.0 Å². The summed E-state index contributed by atoms with van der Waals surface area (Å²) in [4.78, 5) is 14.8. The first-order chi connectivity index (χ1) is 25.8. The predicted molar refractivity (Wildman–Crippen MR) is 218 cm³/mol. The Morgan fingerprint density at radius 1 is 0.385 bits per heavy atom. The number of fused-ring (bicyclic) bond motifs is 10. The Labute approximate surface area is 302 Å². The van der Waals surface area contributed by atoms with E-state index in [1.807, 2.05) is 72.0 Å². The van der Waals surface area contributed by atoms with Crippen LogP contribution in [0.4, 0.5) is 0 Å². The van der Waals surface area contributed by atoms with Crippen LogP contribution in [0.25, 0.3) is 103 Å². The summed E-state index contributed by atoms with van der Waals surface area (Å²) in [5.74, 6) is 1.98. The molecule has 0 saturated carbocycles. The van der Waals surface area contributed by atoms with Gasteiger partial charge in [-0.2, -0.15) is 0 Å². The molecule has 242 valence electrons. The van der Waals surface area contributed by atoms with Crippen molar-refractivity contribution in [2.24, 2.45) is 0 Å². The van der Waals surface area contributed by atoms with E-state index in [-0.39, 0.29) is 0 Å². The molecule has 0 amide bonds. The summed E-state index contributed by atoms with van der Waals surface area (Å²) in [6, 6.07) is 60.2. The van der Waals surface area contributed by atoms with E-state index in [1.165, 1.54) is 58.1 Å². The van der Waals surface area contributed by atoms with Gasteiger partial charge in [-0.1, -0.05) is 133 Å². The summed E-state index contributed by atoms with van der Waals surface area (Å²) in [6.45, 7) is 0. The van der Waals surface area contributed by atoms with E-state index in [9.17, 15) is 0 Å². The van der Waals surface area contributed by atoms with Gasteiger partial charge in [0.25, 0.3) is 0 Å². The lowest BCUT2D eigenvalue weighted by molar-refractivity contribution is 1.07. The third kappa shape index (κ3) is 4.50. The molecule has 0 aliphatic heterocycles. The second-order valence-corrected chi connectivity index (χ2v) is 14.3. The van der Waals surface area contributed by atoms with Crippen molar-refractivity contribution in [3.8, 4) is 39.9 Å². The van der Waals surface area contributed by atoms with Crippen molar-refractivity contribution < 1.29 is 0 Å². The summed E-state index contributed by atoms with van der Waals surface area (Å²) in [5.41, 5.74) is 6.48. The molecular weight excluding hydrogens is 653 g/mol. The molecule has 4 nitrogen and oxygen atoms in total. The lowest BCUT2D eigenvalue weighted by Gasteiger charge is -2.12. The van der Waals surface area contributed by atoms with Gasteiger partial charge < -0.3 is 4.57 Å². The molecule has 0 bridgehead atoms. The Hall–Kier alpha value is -6.69. The van der Waals surface area contributed by atoms with Gasteiger partial charge in [-0.25, -0.2) is 15.0 Å². The lowest BCUT2D eigenvalue weighted by Crippen LogP contribution is -2.00. The molecule has 0 saturated heterocycles. The molecule has 11 aromatic rings. The minimum atomic E-state index is 0.657. The SMILES string of the molecule is c1ccc(-c2nc(-c3ccccc3)nc(-c3ccc4c(ccc5cc(-n6c7ccccc7c7c8sc9ccccc9c8ccc76)ccc54)c3)n2)cc1. The molecule has 3 aromatic heterocycles. The first kappa shape index (κ1) is 29.1. The van der Waals surface area contributed by atoms with Crippen LogP contribution in [0.2, 0.25) is 0 Å². The molecular formula is C47H28N4S. The molecule has 0 unspecified atom stereocenters. The topological polar surface area (TPSA) is 43.6 Å². The van der Waals surface area contributed by atoms with Crippen LogP contribution in [0.3, 0.4) is 0 Å². The zero-order valence-electron chi connectivity index (χ0n) is 27.9. The van der Waals surface area contributed by atoms with E-state index in [0.717, 1.165) is 27.8 Å². The van der Waals surface area contributed by atoms with Crippen LogP contribution in [0.5, 0.6) is 0 Å². The number of para-hydroxylation sites is 1. The summed E-state index contributed by atoms with van der Waals surface area (Å²) in [5, 5.41) is 10.0. The van der Waals surface area contributed by atoms with E-state index < -0.39 is 0 Å². The fourth-order valence-electron chi connectivity index (χ4n) is 7.79. The van der Waals surface area contributed by atoms with Crippen molar-refractivity contribution in [2.45, 2.75) is 0 Å². The number of hydrogen-bond acceptors (Lipinski definition) is 4. The van der Waals surface area contributed by atoms with Gasteiger partial charge in [0.2, 0.25) is 0 Å². The Kier molecular flexibility index (Phi) is 6.39. The van der Waals surface area contributed by atoms with E-state index in [0.29, 0.717) is 17.5 Å². The molecule has 52 heavy (non-hydrogen) atoms. The van der Waals surface area contributed by atoms with Gasteiger partial charge in [-0.3, -0.25) is 0 Å². The van der Waals surface area contributed by atoms with E-state index >= 15 is 0 Å². The van der Waals surface area contributed by atoms with Crippen molar-refractivity contribution in [1.82, 2.24) is 19.5 Å². The summed E-state index contributed by atoms with van der Waals surface area (Å²) in [7, 11) is 0. The van der Waals surface area contributed by atoms with Crippen LogP contribution in [0, 0.1) is 0 Å². The van der Waals surface area contributed by atoms with Gasteiger partial charge in [0, 0.05) is 53.3 Å². The highest BCUT2D eigenvalue weighted by atomic mass is 32.1. The highest BCUT2D eigenvalue weighted by Crippen LogP contribution is 2.43. The van der Waals surface area contributed by atoms with Crippen molar-refractivity contribution >= 4 is 74.9 Å². The second kappa shape index (κ2) is 11.4. The number of aromatic nitrogens is 4. The zero-order valence-corrected chi connectivity index (χ0v) is 28.7. The number of nitrogens with zero attached hydrogens (tertiary/aromatic N) is 4. The first-order valence-corrected chi connectivity index (χ1v) is 18.3. The van der Waals surface area contributed by atoms with Crippen LogP contribution in [0.1, 0.15) is 0 Å². The Bertz CT molecular complexity index is 3120. The number of benzene rings is 8. The van der Waals surface area contributed by atoms with E-state index in [1.54, 1.807) is 0 Å². The van der Waals surface area contributed by atoms with Gasteiger partial charge in [-0.05, 0) is 57.9 Å². The summed E-state index contributed by atoms with van der Waals surface area (Å²) in [6.07, 6.45) is 0. The van der Waals surface area contributed by atoms with Crippen LogP contribution in [0.15, 0.2) is 170 Å². The highest BCUT2D eigenvalue weighted by molar-refractivity contribution is 7.26. The average Bonchev–Trinajstić information content (AvgIpc) is 3.77. The monoisotopic (exact) mass is 680 g/mol. The van der Waals surface area contributed by atoms with Crippen LogP contribution in [-0.2, 0) is 0 Å². The number of rotatable bonds is 4. The second-order valence-electron chi connectivity index (χ2n) is 13.2. The van der Waals surface area contributed by atoms with Gasteiger partial charge in [0.05, 0.1) is 11.0 Å². The maximum absolute atomic E-state index is 4.97. The first-order valence-electron chi connectivity index (χ1n) is 17.4. The van der Waals surface area contributed by atoms with Crippen LogP contribution < -0.4 is 0 Å². The van der Waals surface area contributed by atoms with Crippen molar-refractivity contribution in [2.75, 3.05) is 0 Å². The predicted octanol–water partition coefficient (Wildman–Crippen LogP) is 12.6. The molecule has 0 aliphatic rings. The standard InChI is InChI=1S/C47H28N4S/c1-3-11-29(12-4-1)45-48-46(30-13-5-2-6-14-30)50-47(49-45)33-21-23-35-31(27-33)19-20-32-28-34(22-24-36(32)35)51-40-17-9-7-16-39(40)43-41(51)26-25-38-37-15-8-10-18-42(37)52-44(38)43/h1-28H. The van der Waals surface area contributed by atoms with Crippen molar-refractivity contribution in [1.29, 1.82) is 0 Å². The van der Waals surface area contributed by atoms with Crippen LogP contribution >= 0.6 is 11.3 Å².